The average molecular weight is 337 g/mol. The van der Waals surface area contributed by atoms with Gasteiger partial charge in [0.05, 0.1) is 11.9 Å². The standard InChI is InChI=1S/C18H12FN3O3/c19-11-4-5-13-10(6-11)2-1-3-14(13)18(24)21-12-7-15-17(20-8-12)22-16(23)9-25-15/h1-8H,9H2,(H,21,24)(H,20,22,23). The van der Waals surface area contributed by atoms with Gasteiger partial charge in [0.25, 0.3) is 11.8 Å². The van der Waals surface area contributed by atoms with Gasteiger partial charge in [-0.25, -0.2) is 9.37 Å². The van der Waals surface area contributed by atoms with Gasteiger partial charge >= 0.3 is 0 Å². The maximum atomic E-state index is 13.4. The summed E-state index contributed by atoms with van der Waals surface area (Å²) in [5.74, 6) is -0.283. The van der Waals surface area contributed by atoms with Crippen LogP contribution in [0.15, 0.2) is 48.7 Å². The molecule has 3 aromatic rings. The Morgan fingerprint density at radius 2 is 2.12 bits per heavy atom. The summed E-state index contributed by atoms with van der Waals surface area (Å²) in [4.78, 5) is 27.9. The van der Waals surface area contributed by atoms with Crippen LogP contribution in [0.2, 0.25) is 0 Å². The van der Waals surface area contributed by atoms with Gasteiger partial charge < -0.3 is 15.4 Å². The Morgan fingerprint density at radius 3 is 3.00 bits per heavy atom. The number of ether oxygens (including phenoxy) is 1. The zero-order chi connectivity index (χ0) is 17.4. The van der Waals surface area contributed by atoms with Gasteiger partial charge in [0.2, 0.25) is 0 Å². The van der Waals surface area contributed by atoms with Crippen LogP contribution in [-0.4, -0.2) is 23.4 Å². The minimum Gasteiger partial charge on any atom is -0.480 e. The topological polar surface area (TPSA) is 80.3 Å². The number of pyridine rings is 1. The van der Waals surface area contributed by atoms with Gasteiger partial charge in [0, 0.05) is 11.6 Å². The predicted molar refractivity (Wildman–Crippen MR) is 90.2 cm³/mol. The Bertz CT molecular complexity index is 1020. The quantitative estimate of drug-likeness (QED) is 0.753. The van der Waals surface area contributed by atoms with Crippen molar-refractivity contribution in [2.45, 2.75) is 0 Å². The van der Waals surface area contributed by atoms with E-state index in [-0.39, 0.29) is 24.2 Å². The molecule has 2 N–H and O–H groups in total. The Labute approximate surface area is 141 Å². The van der Waals surface area contributed by atoms with Crippen LogP contribution in [0, 0.1) is 5.82 Å². The fourth-order valence-corrected chi connectivity index (χ4v) is 2.68. The van der Waals surface area contributed by atoms with Gasteiger partial charge in [-0.2, -0.15) is 0 Å². The lowest BCUT2D eigenvalue weighted by molar-refractivity contribution is -0.118. The zero-order valence-electron chi connectivity index (χ0n) is 12.9. The molecule has 0 unspecified atom stereocenters. The van der Waals surface area contributed by atoms with Crippen molar-refractivity contribution in [3.8, 4) is 5.75 Å². The van der Waals surface area contributed by atoms with E-state index in [1.54, 1.807) is 30.3 Å². The molecule has 1 aromatic heterocycles. The highest BCUT2D eigenvalue weighted by Gasteiger charge is 2.18. The van der Waals surface area contributed by atoms with Gasteiger partial charge in [-0.05, 0) is 29.0 Å². The third-order valence-corrected chi connectivity index (χ3v) is 3.81. The number of nitrogens with zero attached hydrogens (tertiary/aromatic N) is 1. The molecule has 0 atom stereocenters. The van der Waals surface area contributed by atoms with Crippen molar-refractivity contribution >= 4 is 34.1 Å². The Kier molecular flexibility index (Phi) is 3.53. The van der Waals surface area contributed by atoms with Crippen LogP contribution in [0.5, 0.6) is 5.75 Å². The van der Waals surface area contributed by atoms with Crippen molar-refractivity contribution in [1.82, 2.24) is 4.98 Å². The summed E-state index contributed by atoms with van der Waals surface area (Å²) in [6.07, 6.45) is 1.43. The van der Waals surface area contributed by atoms with E-state index in [1.807, 2.05) is 0 Å². The minimum atomic E-state index is -0.358. The maximum absolute atomic E-state index is 13.4. The molecule has 2 amide bonds. The normalized spacial score (nSPS) is 12.9. The van der Waals surface area contributed by atoms with Crippen LogP contribution < -0.4 is 15.4 Å². The molecule has 1 aliphatic heterocycles. The first-order valence-corrected chi connectivity index (χ1v) is 7.52. The van der Waals surface area contributed by atoms with E-state index in [1.165, 1.54) is 18.3 Å². The summed E-state index contributed by atoms with van der Waals surface area (Å²) in [6, 6.07) is 11.0. The number of hydrogen-bond donors (Lipinski definition) is 2. The summed E-state index contributed by atoms with van der Waals surface area (Å²) < 4.78 is 18.6. The number of amides is 2. The molecule has 124 valence electrons. The highest BCUT2D eigenvalue weighted by Crippen LogP contribution is 2.28. The van der Waals surface area contributed by atoms with Crippen molar-refractivity contribution in [2.24, 2.45) is 0 Å². The number of rotatable bonds is 2. The minimum absolute atomic E-state index is 0.0963. The molecule has 0 saturated carbocycles. The number of anilines is 2. The smallest absolute Gasteiger partial charge is 0.263 e. The second kappa shape index (κ2) is 5.86. The van der Waals surface area contributed by atoms with E-state index in [0.717, 1.165) is 0 Å². The van der Waals surface area contributed by atoms with Crippen LogP contribution in [0.1, 0.15) is 10.4 Å². The first kappa shape index (κ1) is 15.1. The Balaban J connectivity index is 1.64. The Hall–Kier alpha value is -3.48. The molecule has 2 aromatic carbocycles. The monoisotopic (exact) mass is 337 g/mol. The molecule has 25 heavy (non-hydrogen) atoms. The summed E-state index contributed by atoms with van der Waals surface area (Å²) >= 11 is 0. The van der Waals surface area contributed by atoms with Gasteiger partial charge in [-0.3, -0.25) is 9.59 Å². The Morgan fingerprint density at radius 1 is 1.24 bits per heavy atom. The molecule has 2 heterocycles. The number of hydrogen-bond acceptors (Lipinski definition) is 4. The number of carbonyl (C=O) groups is 2. The molecular formula is C18H12FN3O3. The molecule has 7 heteroatoms. The molecule has 1 aliphatic rings. The maximum Gasteiger partial charge on any atom is 0.263 e. The van der Waals surface area contributed by atoms with Crippen molar-refractivity contribution in [2.75, 3.05) is 17.2 Å². The largest absolute Gasteiger partial charge is 0.480 e. The van der Waals surface area contributed by atoms with Crippen LogP contribution in [0.3, 0.4) is 0 Å². The molecule has 6 nitrogen and oxygen atoms in total. The lowest BCUT2D eigenvalue weighted by atomic mass is 10.0. The number of fused-ring (bicyclic) bond motifs is 2. The van der Waals surface area contributed by atoms with Crippen LogP contribution in [0.25, 0.3) is 10.8 Å². The van der Waals surface area contributed by atoms with Crippen molar-refractivity contribution in [3.05, 3.63) is 60.0 Å². The third kappa shape index (κ3) is 2.87. The zero-order valence-corrected chi connectivity index (χ0v) is 12.9. The predicted octanol–water partition coefficient (Wildman–Crippen LogP) is 2.96. The van der Waals surface area contributed by atoms with Gasteiger partial charge in [0.15, 0.2) is 18.2 Å². The summed E-state index contributed by atoms with van der Waals surface area (Å²) in [6.45, 7) is -0.0963. The highest BCUT2D eigenvalue weighted by atomic mass is 19.1. The molecule has 0 spiro atoms. The fourth-order valence-electron chi connectivity index (χ4n) is 2.68. The van der Waals surface area contributed by atoms with Crippen molar-refractivity contribution in [3.63, 3.8) is 0 Å². The van der Waals surface area contributed by atoms with E-state index in [0.29, 0.717) is 33.6 Å². The van der Waals surface area contributed by atoms with E-state index in [2.05, 4.69) is 15.6 Å². The fraction of sp³-hybridized carbons (Fsp3) is 0.0556. The van der Waals surface area contributed by atoms with Gasteiger partial charge in [0.1, 0.15) is 5.82 Å². The number of nitrogens with one attached hydrogen (secondary N) is 2. The number of carbonyl (C=O) groups excluding carboxylic acids is 2. The van der Waals surface area contributed by atoms with Crippen LogP contribution in [-0.2, 0) is 4.79 Å². The molecule has 0 saturated heterocycles. The molecule has 0 aliphatic carbocycles. The molecule has 0 radical (unpaired) electrons. The van der Waals surface area contributed by atoms with Gasteiger partial charge in [-0.1, -0.05) is 18.2 Å². The van der Waals surface area contributed by atoms with Crippen molar-refractivity contribution in [1.29, 1.82) is 0 Å². The van der Waals surface area contributed by atoms with E-state index >= 15 is 0 Å². The molecule has 0 bridgehead atoms. The van der Waals surface area contributed by atoms with Crippen molar-refractivity contribution < 1.29 is 18.7 Å². The third-order valence-electron chi connectivity index (χ3n) is 3.81. The molecule has 0 fully saturated rings. The summed E-state index contributed by atoms with van der Waals surface area (Å²) in [5, 5.41) is 6.61. The number of aromatic nitrogens is 1. The molecular weight excluding hydrogens is 325 g/mol. The second-order valence-corrected chi connectivity index (χ2v) is 5.53. The van der Waals surface area contributed by atoms with Crippen LogP contribution >= 0.6 is 0 Å². The van der Waals surface area contributed by atoms with Crippen LogP contribution in [0.4, 0.5) is 15.9 Å². The SMILES string of the molecule is O=C1COc2cc(NC(=O)c3cccc4cc(F)ccc34)cnc2N1. The number of benzene rings is 2. The second-order valence-electron chi connectivity index (χ2n) is 5.53. The van der Waals surface area contributed by atoms with E-state index in [4.69, 9.17) is 4.74 Å². The molecule has 4 rings (SSSR count). The average Bonchev–Trinajstić information content (AvgIpc) is 2.61. The lowest BCUT2D eigenvalue weighted by Gasteiger charge is -2.17. The summed E-state index contributed by atoms with van der Waals surface area (Å²) in [7, 11) is 0. The summed E-state index contributed by atoms with van der Waals surface area (Å²) in [5.41, 5.74) is 0.850. The van der Waals surface area contributed by atoms with Gasteiger partial charge in [-0.15, -0.1) is 0 Å². The number of halogens is 1. The van der Waals surface area contributed by atoms with E-state index in [9.17, 15) is 14.0 Å². The lowest BCUT2D eigenvalue weighted by Crippen LogP contribution is -2.26. The highest BCUT2D eigenvalue weighted by molar-refractivity contribution is 6.13. The first-order chi connectivity index (χ1) is 12.1. The first-order valence-electron chi connectivity index (χ1n) is 7.52. The van der Waals surface area contributed by atoms with E-state index < -0.39 is 0 Å².